The number of rotatable bonds is 5. The number of hydrogen-bond donors (Lipinski definition) is 2. The van der Waals surface area contributed by atoms with E-state index < -0.39 is 17.6 Å². The molecule has 156 valence electrons. The van der Waals surface area contributed by atoms with Gasteiger partial charge in [-0.25, -0.2) is 0 Å². The summed E-state index contributed by atoms with van der Waals surface area (Å²) in [5.74, 6) is 0.105. The Bertz CT molecular complexity index is 853. The van der Waals surface area contributed by atoms with Crippen LogP contribution in [0, 0.1) is 0 Å². The van der Waals surface area contributed by atoms with Gasteiger partial charge in [0.05, 0.1) is 17.6 Å². The monoisotopic (exact) mass is 434 g/mol. The van der Waals surface area contributed by atoms with Gasteiger partial charge in [0.25, 0.3) is 0 Å². The van der Waals surface area contributed by atoms with Crippen LogP contribution in [0.25, 0.3) is 0 Å². The fourth-order valence-electron chi connectivity index (χ4n) is 4.99. The molecule has 0 radical (unpaired) electrons. The first-order valence-corrected chi connectivity index (χ1v) is 10.5. The average molecular weight is 435 g/mol. The van der Waals surface area contributed by atoms with Gasteiger partial charge >= 0.3 is 0 Å². The van der Waals surface area contributed by atoms with Gasteiger partial charge in [0.1, 0.15) is 0 Å². The number of benzene rings is 2. The number of halogens is 2. The van der Waals surface area contributed by atoms with Gasteiger partial charge in [-0.2, -0.15) is 0 Å². The minimum atomic E-state index is -0.724. The molecule has 4 nitrogen and oxygen atoms in total. The van der Waals surface area contributed by atoms with Crippen molar-refractivity contribution in [2.45, 2.75) is 49.7 Å². The second-order valence-electron chi connectivity index (χ2n) is 7.96. The van der Waals surface area contributed by atoms with E-state index in [2.05, 4.69) is 5.32 Å². The molecule has 2 aromatic rings. The number of anilines is 1. The van der Waals surface area contributed by atoms with Crippen molar-refractivity contribution in [3.8, 4) is 0 Å². The molecular formula is C23H28Cl2N2O2. The van der Waals surface area contributed by atoms with Crippen LogP contribution in [0.2, 0.25) is 5.02 Å². The van der Waals surface area contributed by atoms with E-state index in [0.717, 1.165) is 48.9 Å². The zero-order chi connectivity index (χ0) is 19.7. The first kappa shape index (κ1) is 22.1. The maximum Gasteiger partial charge on any atom is 0.238 e. The third-order valence-corrected chi connectivity index (χ3v) is 6.50. The second kappa shape index (κ2) is 9.05. The molecule has 29 heavy (non-hydrogen) atoms. The van der Waals surface area contributed by atoms with Crippen LogP contribution in [-0.2, 0) is 10.2 Å². The SMILES string of the molecule is CNC[C@@H](O)[C@H](c1ccccc1)N1C(=O)C2(CCCCC2)c2cc(Cl)ccc21.Cl. The van der Waals surface area contributed by atoms with E-state index in [9.17, 15) is 9.90 Å². The first-order valence-electron chi connectivity index (χ1n) is 10.1. The molecule has 1 aliphatic heterocycles. The molecule has 1 fully saturated rings. The summed E-state index contributed by atoms with van der Waals surface area (Å²) in [6.07, 6.45) is 4.22. The Labute approximate surface area is 183 Å². The number of hydrogen-bond acceptors (Lipinski definition) is 3. The van der Waals surface area contributed by atoms with E-state index >= 15 is 0 Å². The summed E-state index contributed by atoms with van der Waals surface area (Å²) in [6.45, 7) is 0.402. The number of carbonyl (C=O) groups is 1. The third kappa shape index (κ3) is 3.79. The molecule has 2 atom stereocenters. The van der Waals surface area contributed by atoms with Crippen LogP contribution in [0.3, 0.4) is 0 Å². The number of carbonyl (C=O) groups excluding carboxylic acids is 1. The zero-order valence-corrected chi connectivity index (χ0v) is 18.2. The maximum absolute atomic E-state index is 13.9. The molecule has 1 heterocycles. The smallest absolute Gasteiger partial charge is 0.238 e. The fourth-order valence-corrected chi connectivity index (χ4v) is 5.16. The van der Waals surface area contributed by atoms with Gasteiger partial charge in [0.15, 0.2) is 0 Å². The molecule has 2 aliphatic rings. The number of aliphatic hydroxyl groups excluding tert-OH is 1. The highest BCUT2D eigenvalue weighted by Gasteiger charge is 2.53. The van der Waals surface area contributed by atoms with Crippen LogP contribution >= 0.6 is 24.0 Å². The number of nitrogens with one attached hydrogen (secondary N) is 1. The van der Waals surface area contributed by atoms with Crippen LogP contribution < -0.4 is 10.2 Å². The predicted molar refractivity (Wildman–Crippen MR) is 120 cm³/mol. The summed E-state index contributed by atoms with van der Waals surface area (Å²) in [4.78, 5) is 15.8. The zero-order valence-electron chi connectivity index (χ0n) is 16.6. The molecule has 1 spiro atoms. The van der Waals surface area contributed by atoms with Crippen molar-refractivity contribution in [2.24, 2.45) is 0 Å². The molecule has 4 rings (SSSR count). The molecule has 1 aliphatic carbocycles. The summed E-state index contributed by atoms with van der Waals surface area (Å²) >= 11 is 6.34. The lowest BCUT2D eigenvalue weighted by Gasteiger charge is -2.36. The van der Waals surface area contributed by atoms with Gasteiger partial charge in [-0.1, -0.05) is 61.2 Å². The van der Waals surface area contributed by atoms with Crippen LogP contribution in [0.5, 0.6) is 0 Å². The van der Waals surface area contributed by atoms with Crippen LogP contribution in [0.15, 0.2) is 48.5 Å². The van der Waals surface area contributed by atoms with Crippen molar-refractivity contribution in [1.29, 1.82) is 0 Å². The Morgan fingerprint density at radius 3 is 2.48 bits per heavy atom. The summed E-state index contributed by atoms with van der Waals surface area (Å²) in [7, 11) is 1.81. The molecule has 0 bridgehead atoms. The van der Waals surface area contributed by atoms with E-state index in [1.807, 2.05) is 60.5 Å². The summed E-state index contributed by atoms with van der Waals surface area (Å²) < 4.78 is 0. The highest BCUT2D eigenvalue weighted by atomic mass is 35.5. The fraction of sp³-hybridized carbons (Fsp3) is 0.435. The van der Waals surface area contributed by atoms with Gasteiger partial charge in [0, 0.05) is 17.3 Å². The molecule has 2 N–H and O–H groups in total. The van der Waals surface area contributed by atoms with Crippen molar-refractivity contribution < 1.29 is 9.90 Å². The topological polar surface area (TPSA) is 52.6 Å². The van der Waals surface area contributed by atoms with Gasteiger partial charge in [-0.05, 0) is 49.2 Å². The van der Waals surface area contributed by atoms with Crippen molar-refractivity contribution in [1.82, 2.24) is 5.32 Å². The highest BCUT2D eigenvalue weighted by Crippen LogP contribution is 2.53. The Balaban J connectivity index is 0.00000240. The normalized spacial score (nSPS) is 19.6. The quantitative estimate of drug-likeness (QED) is 0.720. The van der Waals surface area contributed by atoms with Gasteiger partial charge in [0.2, 0.25) is 5.91 Å². The van der Waals surface area contributed by atoms with Crippen LogP contribution in [0.1, 0.15) is 49.3 Å². The van der Waals surface area contributed by atoms with Crippen LogP contribution in [-0.4, -0.2) is 30.7 Å². The molecule has 1 saturated carbocycles. The number of nitrogens with zero attached hydrogens (tertiary/aromatic N) is 1. The van der Waals surface area contributed by atoms with Crippen LogP contribution in [0.4, 0.5) is 5.69 Å². The van der Waals surface area contributed by atoms with E-state index in [4.69, 9.17) is 11.6 Å². The summed E-state index contributed by atoms with van der Waals surface area (Å²) in [5, 5.41) is 14.7. The maximum atomic E-state index is 13.9. The molecule has 0 aromatic heterocycles. The summed E-state index contributed by atoms with van der Waals surface area (Å²) in [5.41, 5.74) is 2.35. The van der Waals surface area contributed by atoms with E-state index in [1.54, 1.807) is 0 Å². The van der Waals surface area contributed by atoms with E-state index in [1.165, 1.54) is 0 Å². The molecule has 0 unspecified atom stereocenters. The van der Waals surface area contributed by atoms with Crippen molar-refractivity contribution in [3.05, 3.63) is 64.7 Å². The lowest BCUT2D eigenvalue weighted by atomic mass is 9.70. The average Bonchev–Trinajstić information content (AvgIpc) is 2.93. The first-order chi connectivity index (χ1) is 13.6. The number of likely N-dealkylation sites (N-methyl/N-ethyl adjacent to an activating group) is 1. The number of fused-ring (bicyclic) bond motifs is 2. The highest BCUT2D eigenvalue weighted by molar-refractivity contribution is 6.31. The Kier molecular flexibility index (Phi) is 6.90. The van der Waals surface area contributed by atoms with E-state index in [0.29, 0.717) is 11.6 Å². The van der Waals surface area contributed by atoms with Gasteiger partial charge < -0.3 is 15.3 Å². The third-order valence-electron chi connectivity index (χ3n) is 6.27. The number of aliphatic hydroxyl groups is 1. The van der Waals surface area contributed by atoms with Gasteiger partial charge in [-0.3, -0.25) is 4.79 Å². The molecule has 6 heteroatoms. The van der Waals surface area contributed by atoms with Crippen molar-refractivity contribution in [3.63, 3.8) is 0 Å². The van der Waals surface area contributed by atoms with E-state index in [-0.39, 0.29) is 18.3 Å². The molecule has 0 saturated heterocycles. The largest absolute Gasteiger partial charge is 0.389 e. The lowest BCUT2D eigenvalue weighted by molar-refractivity contribution is -0.125. The Morgan fingerprint density at radius 1 is 1.14 bits per heavy atom. The molecule has 1 amide bonds. The molecule has 2 aromatic carbocycles. The Hall–Kier alpha value is -1.59. The predicted octanol–water partition coefficient (Wildman–Crippen LogP) is 4.63. The molecular weight excluding hydrogens is 407 g/mol. The second-order valence-corrected chi connectivity index (χ2v) is 8.40. The van der Waals surface area contributed by atoms with Crippen molar-refractivity contribution >= 4 is 35.6 Å². The standard InChI is InChI=1S/C23H27ClN2O2.ClH/c1-25-15-20(27)21(16-8-4-2-5-9-16)26-19-11-10-17(24)14-18(19)23(22(26)28)12-6-3-7-13-23;/h2,4-5,8-11,14,20-21,25,27H,3,6-7,12-13,15H2,1H3;1H/t20-,21+;/m1./s1. The number of amides is 1. The summed E-state index contributed by atoms with van der Waals surface area (Å²) in [6, 6.07) is 15.1. The minimum absolute atomic E-state index is 0. The van der Waals surface area contributed by atoms with Gasteiger partial charge in [-0.15, -0.1) is 12.4 Å². The van der Waals surface area contributed by atoms with Crippen molar-refractivity contribution in [2.75, 3.05) is 18.5 Å². The Morgan fingerprint density at radius 2 is 1.83 bits per heavy atom. The minimum Gasteiger partial charge on any atom is -0.389 e. The lowest BCUT2D eigenvalue weighted by Crippen LogP contribution is -2.47.